The van der Waals surface area contributed by atoms with Crippen LogP contribution in [-0.2, 0) is 5.41 Å². The molecule has 100 valence electrons. The van der Waals surface area contributed by atoms with Crippen molar-refractivity contribution in [3.8, 4) is 0 Å². The number of aromatic amines is 1. The van der Waals surface area contributed by atoms with Gasteiger partial charge in [-0.15, -0.1) is 0 Å². The Hall–Kier alpha value is -2.24. The molecule has 6 heteroatoms. The topological polar surface area (TPSA) is 70.7 Å². The highest BCUT2D eigenvalue weighted by molar-refractivity contribution is 5.91. The van der Waals surface area contributed by atoms with E-state index in [1.807, 2.05) is 13.8 Å². The normalized spacial score (nSPS) is 11.3. The minimum absolute atomic E-state index is 0.212. The Morgan fingerprint density at radius 2 is 2.16 bits per heavy atom. The van der Waals surface area contributed by atoms with Crippen molar-refractivity contribution in [2.24, 2.45) is 0 Å². The largest absolute Gasteiger partial charge is 0.350 e. The number of hydrogen-bond acceptors (Lipinski definition) is 3. The van der Waals surface area contributed by atoms with Gasteiger partial charge >= 0.3 is 0 Å². The van der Waals surface area contributed by atoms with E-state index in [-0.39, 0.29) is 17.4 Å². The molecule has 0 atom stereocenters. The van der Waals surface area contributed by atoms with Gasteiger partial charge in [-0.3, -0.25) is 4.79 Å². The SMILES string of the molecule is CC(C)(CNC(=O)c1cn[nH]n1)c1ccccc1F. The summed E-state index contributed by atoms with van der Waals surface area (Å²) >= 11 is 0. The van der Waals surface area contributed by atoms with Crippen LogP contribution < -0.4 is 5.32 Å². The first-order valence-corrected chi connectivity index (χ1v) is 5.90. The number of nitrogens with zero attached hydrogens (tertiary/aromatic N) is 2. The van der Waals surface area contributed by atoms with Gasteiger partial charge in [0.05, 0.1) is 6.20 Å². The van der Waals surface area contributed by atoms with Crippen molar-refractivity contribution in [3.63, 3.8) is 0 Å². The van der Waals surface area contributed by atoms with E-state index in [1.165, 1.54) is 12.3 Å². The Kier molecular flexibility index (Phi) is 3.59. The van der Waals surface area contributed by atoms with E-state index in [4.69, 9.17) is 0 Å². The van der Waals surface area contributed by atoms with Crippen LogP contribution in [0.2, 0.25) is 0 Å². The lowest BCUT2D eigenvalue weighted by Gasteiger charge is -2.25. The zero-order valence-corrected chi connectivity index (χ0v) is 10.8. The molecule has 19 heavy (non-hydrogen) atoms. The van der Waals surface area contributed by atoms with Crippen molar-refractivity contribution >= 4 is 5.91 Å². The summed E-state index contributed by atoms with van der Waals surface area (Å²) in [5.41, 5.74) is 0.268. The molecule has 2 rings (SSSR count). The lowest BCUT2D eigenvalue weighted by Crippen LogP contribution is -2.37. The Labute approximate surface area is 110 Å². The van der Waals surface area contributed by atoms with Crippen LogP contribution >= 0.6 is 0 Å². The maximum Gasteiger partial charge on any atom is 0.273 e. The molecular formula is C13H15FN4O. The van der Waals surface area contributed by atoms with Crippen molar-refractivity contribution in [2.45, 2.75) is 19.3 Å². The van der Waals surface area contributed by atoms with Crippen LogP contribution in [0.5, 0.6) is 0 Å². The molecule has 1 amide bonds. The molecule has 2 N–H and O–H groups in total. The Balaban J connectivity index is 2.06. The molecule has 0 bridgehead atoms. The summed E-state index contributed by atoms with van der Waals surface area (Å²) in [5, 5.41) is 12.3. The number of nitrogens with one attached hydrogen (secondary N) is 2. The third-order valence-electron chi connectivity index (χ3n) is 2.94. The molecule has 0 unspecified atom stereocenters. The second kappa shape index (κ2) is 5.17. The van der Waals surface area contributed by atoms with Gasteiger partial charge in [0, 0.05) is 12.0 Å². The zero-order chi connectivity index (χ0) is 13.9. The highest BCUT2D eigenvalue weighted by Crippen LogP contribution is 2.24. The number of amides is 1. The molecule has 0 saturated carbocycles. The zero-order valence-electron chi connectivity index (χ0n) is 10.8. The van der Waals surface area contributed by atoms with Crippen molar-refractivity contribution in [3.05, 3.63) is 47.5 Å². The van der Waals surface area contributed by atoms with Crippen LogP contribution in [0.25, 0.3) is 0 Å². The van der Waals surface area contributed by atoms with E-state index in [2.05, 4.69) is 20.7 Å². The average Bonchev–Trinajstić information content (AvgIpc) is 2.90. The fourth-order valence-electron chi connectivity index (χ4n) is 1.81. The Morgan fingerprint density at radius 3 is 2.79 bits per heavy atom. The van der Waals surface area contributed by atoms with E-state index in [0.717, 1.165) is 0 Å². The van der Waals surface area contributed by atoms with Crippen LogP contribution in [0, 0.1) is 5.82 Å². The van der Waals surface area contributed by atoms with E-state index in [1.54, 1.807) is 18.2 Å². The molecule has 0 fully saturated rings. The number of H-pyrrole nitrogens is 1. The number of benzene rings is 1. The molecule has 0 aliphatic carbocycles. The highest BCUT2D eigenvalue weighted by atomic mass is 19.1. The summed E-state index contributed by atoms with van der Waals surface area (Å²) < 4.78 is 13.7. The summed E-state index contributed by atoms with van der Waals surface area (Å²) in [4.78, 5) is 11.7. The molecule has 5 nitrogen and oxygen atoms in total. The summed E-state index contributed by atoms with van der Waals surface area (Å²) in [6.07, 6.45) is 1.34. The third-order valence-corrected chi connectivity index (χ3v) is 2.94. The smallest absolute Gasteiger partial charge is 0.273 e. The third kappa shape index (κ3) is 2.96. The molecule has 1 aromatic carbocycles. The molecule has 0 radical (unpaired) electrons. The van der Waals surface area contributed by atoms with E-state index < -0.39 is 5.41 Å². The van der Waals surface area contributed by atoms with Gasteiger partial charge in [0.1, 0.15) is 5.82 Å². The lowest BCUT2D eigenvalue weighted by molar-refractivity contribution is 0.0940. The summed E-state index contributed by atoms with van der Waals surface area (Å²) in [6.45, 7) is 4.04. The highest BCUT2D eigenvalue weighted by Gasteiger charge is 2.25. The van der Waals surface area contributed by atoms with Crippen molar-refractivity contribution in [2.75, 3.05) is 6.54 Å². The van der Waals surface area contributed by atoms with Gasteiger partial charge in [0.25, 0.3) is 5.91 Å². The molecular weight excluding hydrogens is 247 g/mol. The maximum atomic E-state index is 13.7. The monoisotopic (exact) mass is 262 g/mol. The predicted molar refractivity (Wildman–Crippen MR) is 68.1 cm³/mol. The second-order valence-corrected chi connectivity index (χ2v) is 4.90. The molecule has 1 aromatic heterocycles. The Morgan fingerprint density at radius 1 is 1.42 bits per heavy atom. The number of aromatic nitrogens is 3. The molecule has 0 aliphatic rings. The molecule has 0 saturated heterocycles. The van der Waals surface area contributed by atoms with E-state index >= 15 is 0 Å². The maximum absolute atomic E-state index is 13.7. The number of carbonyl (C=O) groups is 1. The van der Waals surface area contributed by atoms with Gasteiger partial charge in [-0.25, -0.2) is 4.39 Å². The van der Waals surface area contributed by atoms with Crippen LogP contribution in [0.3, 0.4) is 0 Å². The van der Waals surface area contributed by atoms with Gasteiger partial charge in [-0.2, -0.15) is 15.4 Å². The molecule has 2 aromatic rings. The summed E-state index contributed by atoms with van der Waals surface area (Å²) in [6, 6.07) is 6.55. The van der Waals surface area contributed by atoms with Crippen LogP contribution in [-0.4, -0.2) is 27.9 Å². The fraction of sp³-hybridized carbons (Fsp3) is 0.308. The van der Waals surface area contributed by atoms with Crippen molar-refractivity contribution in [1.29, 1.82) is 0 Å². The standard InChI is InChI=1S/C13H15FN4O/c1-13(2,9-5-3-4-6-10(9)14)8-15-12(19)11-7-16-18-17-11/h3-7H,8H2,1-2H3,(H,15,19)(H,16,17,18). The van der Waals surface area contributed by atoms with E-state index in [0.29, 0.717) is 12.1 Å². The minimum Gasteiger partial charge on any atom is -0.350 e. The number of hydrogen-bond donors (Lipinski definition) is 2. The van der Waals surface area contributed by atoms with Crippen molar-refractivity contribution < 1.29 is 9.18 Å². The van der Waals surface area contributed by atoms with E-state index in [9.17, 15) is 9.18 Å². The fourth-order valence-corrected chi connectivity index (χ4v) is 1.81. The van der Waals surface area contributed by atoms with Gasteiger partial charge < -0.3 is 5.32 Å². The lowest BCUT2D eigenvalue weighted by atomic mass is 9.84. The average molecular weight is 262 g/mol. The van der Waals surface area contributed by atoms with Gasteiger partial charge in [0.15, 0.2) is 5.69 Å². The summed E-state index contributed by atoms with van der Waals surface area (Å²) in [5.74, 6) is -0.610. The van der Waals surface area contributed by atoms with Crippen LogP contribution in [0.1, 0.15) is 29.9 Å². The van der Waals surface area contributed by atoms with Gasteiger partial charge in [0.2, 0.25) is 0 Å². The van der Waals surface area contributed by atoms with Crippen molar-refractivity contribution in [1.82, 2.24) is 20.7 Å². The minimum atomic E-state index is -0.509. The first-order chi connectivity index (χ1) is 9.00. The molecule has 0 spiro atoms. The van der Waals surface area contributed by atoms with Gasteiger partial charge in [-0.05, 0) is 11.6 Å². The molecule has 0 aliphatic heterocycles. The quantitative estimate of drug-likeness (QED) is 0.880. The summed E-state index contributed by atoms with van der Waals surface area (Å²) in [7, 11) is 0. The first kappa shape index (κ1) is 13.2. The predicted octanol–water partition coefficient (Wildman–Crippen LogP) is 1.65. The first-order valence-electron chi connectivity index (χ1n) is 5.90. The van der Waals surface area contributed by atoms with Crippen LogP contribution in [0.15, 0.2) is 30.5 Å². The number of carbonyl (C=O) groups excluding carboxylic acids is 1. The number of rotatable bonds is 4. The Bertz CT molecular complexity index is 566. The number of halogens is 1. The van der Waals surface area contributed by atoms with Crippen LogP contribution in [0.4, 0.5) is 4.39 Å². The van der Waals surface area contributed by atoms with Gasteiger partial charge in [-0.1, -0.05) is 32.0 Å². The second-order valence-electron chi connectivity index (χ2n) is 4.90. The molecule has 1 heterocycles.